The van der Waals surface area contributed by atoms with Crippen LogP contribution in [0.3, 0.4) is 0 Å². The van der Waals surface area contributed by atoms with Crippen molar-refractivity contribution in [2.75, 3.05) is 23.3 Å². The Morgan fingerprint density at radius 3 is 2.57 bits per heavy atom. The second-order valence-corrected chi connectivity index (χ2v) is 9.99. The number of amides is 2. The molecule has 0 aliphatic carbocycles. The molecule has 9 nitrogen and oxygen atoms in total. The van der Waals surface area contributed by atoms with Crippen LogP contribution in [0.5, 0.6) is 0 Å². The van der Waals surface area contributed by atoms with Crippen molar-refractivity contribution in [1.82, 2.24) is 15.3 Å². The standard InChI is InChI=1S/C22H26BrF3N6O3/c1-21(2,3)35-20(34)30-14-5-4-6-32(11-14)19-28-10-16(17(27)33)18(31-19)29-15-8-12(22(24,25)26)7-13(23)9-15/h7-10,14H,4-6,11H2,1-3H3,(H2,27,33)(H,30,34)(H,28,29,31)/t14-/m0/s1. The number of anilines is 3. The monoisotopic (exact) mass is 558 g/mol. The van der Waals surface area contributed by atoms with Gasteiger partial charge in [0.15, 0.2) is 0 Å². The predicted molar refractivity (Wildman–Crippen MR) is 128 cm³/mol. The third kappa shape index (κ3) is 7.44. The van der Waals surface area contributed by atoms with E-state index in [1.165, 1.54) is 12.3 Å². The molecule has 1 aliphatic heterocycles. The first-order valence-electron chi connectivity index (χ1n) is 10.8. The molecule has 1 saturated heterocycles. The first-order valence-corrected chi connectivity index (χ1v) is 11.6. The van der Waals surface area contributed by atoms with Crippen molar-refractivity contribution in [3.8, 4) is 0 Å². The molecule has 0 unspecified atom stereocenters. The lowest BCUT2D eigenvalue weighted by molar-refractivity contribution is -0.137. The normalized spacial score (nSPS) is 16.5. The summed E-state index contributed by atoms with van der Waals surface area (Å²) >= 11 is 3.07. The van der Waals surface area contributed by atoms with Crippen LogP contribution in [-0.2, 0) is 10.9 Å². The van der Waals surface area contributed by atoms with Gasteiger partial charge in [-0.05, 0) is 51.8 Å². The molecule has 1 aromatic heterocycles. The van der Waals surface area contributed by atoms with E-state index in [-0.39, 0.29) is 33.5 Å². The Labute approximate surface area is 208 Å². The lowest BCUT2D eigenvalue weighted by Crippen LogP contribution is -2.49. The molecule has 2 amide bonds. The van der Waals surface area contributed by atoms with Crippen molar-refractivity contribution >= 4 is 45.4 Å². The number of nitrogens with two attached hydrogens (primary N) is 1. The van der Waals surface area contributed by atoms with E-state index in [1.54, 1.807) is 20.8 Å². The highest BCUT2D eigenvalue weighted by Crippen LogP contribution is 2.34. The Morgan fingerprint density at radius 1 is 1.23 bits per heavy atom. The number of halogens is 4. The molecular weight excluding hydrogens is 533 g/mol. The molecular formula is C22H26BrF3N6O3. The number of hydrogen-bond acceptors (Lipinski definition) is 7. The molecule has 4 N–H and O–H groups in total. The zero-order valence-corrected chi connectivity index (χ0v) is 21.0. The van der Waals surface area contributed by atoms with Gasteiger partial charge in [-0.2, -0.15) is 18.2 Å². The van der Waals surface area contributed by atoms with Gasteiger partial charge in [0.2, 0.25) is 5.95 Å². The summed E-state index contributed by atoms with van der Waals surface area (Å²) in [5, 5.41) is 5.58. The number of alkyl halides is 3. The first-order chi connectivity index (χ1) is 16.2. The highest BCUT2D eigenvalue weighted by atomic mass is 79.9. The lowest BCUT2D eigenvalue weighted by Gasteiger charge is -2.33. The number of carbonyl (C=O) groups is 2. The molecule has 13 heteroatoms. The van der Waals surface area contributed by atoms with E-state index >= 15 is 0 Å². The number of piperidine rings is 1. The van der Waals surface area contributed by atoms with E-state index in [4.69, 9.17) is 10.5 Å². The average molecular weight is 559 g/mol. The second kappa shape index (κ2) is 10.3. The minimum Gasteiger partial charge on any atom is -0.444 e. The Kier molecular flexibility index (Phi) is 7.77. The van der Waals surface area contributed by atoms with E-state index in [0.717, 1.165) is 25.0 Å². The molecule has 2 aromatic rings. The topological polar surface area (TPSA) is 122 Å². The number of nitrogens with zero attached hydrogens (tertiary/aromatic N) is 3. The van der Waals surface area contributed by atoms with Gasteiger partial charge in [0.05, 0.1) is 5.56 Å². The minimum atomic E-state index is -4.56. The number of aromatic nitrogens is 2. The number of ether oxygens (including phenoxy) is 1. The molecule has 1 fully saturated rings. The number of primary amides is 1. The third-order valence-corrected chi connectivity index (χ3v) is 5.41. The van der Waals surface area contributed by atoms with Gasteiger partial charge in [0.25, 0.3) is 5.91 Å². The smallest absolute Gasteiger partial charge is 0.416 e. The fraction of sp³-hybridized carbons (Fsp3) is 0.455. The van der Waals surface area contributed by atoms with Gasteiger partial charge in [-0.3, -0.25) is 4.79 Å². The second-order valence-electron chi connectivity index (χ2n) is 9.08. The summed E-state index contributed by atoms with van der Waals surface area (Å²) in [4.78, 5) is 34.5. The molecule has 35 heavy (non-hydrogen) atoms. The molecule has 0 radical (unpaired) electrons. The Bertz CT molecular complexity index is 1110. The fourth-order valence-corrected chi connectivity index (χ4v) is 4.01. The number of rotatable bonds is 5. The first kappa shape index (κ1) is 26.5. The summed E-state index contributed by atoms with van der Waals surface area (Å²) in [6.45, 7) is 6.27. The van der Waals surface area contributed by atoms with E-state index in [1.807, 2.05) is 4.90 Å². The quantitative estimate of drug-likeness (QED) is 0.490. The molecule has 3 rings (SSSR count). The largest absolute Gasteiger partial charge is 0.444 e. The Morgan fingerprint density at radius 2 is 1.94 bits per heavy atom. The third-order valence-electron chi connectivity index (χ3n) is 4.95. The predicted octanol–water partition coefficient (Wildman–Crippen LogP) is 4.59. The van der Waals surface area contributed by atoms with Gasteiger partial charge in [-0.25, -0.2) is 9.78 Å². The highest BCUT2D eigenvalue weighted by Gasteiger charge is 2.31. The SMILES string of the molecule is CC(C)(C)OC(=O)N[C@H]1CCCN(c2ncc(C(N)=O)c(Nc3cc(Br)cc(C(F)(F)F)c3)n2)C1. The van der Waals surface area contributed by atoms with E-state index in [2.05, 4.69) is 36.5 Å². The van der Waals surface area contributed by atoms with Crippen molar-refractivity contribution in [3.63, 3.8) is 0 Å². The molecule has 0 bridgehead atoms. The summed E-state index contributed by atoms with van der Waals surface area (Å²) in [5.74, 6) is -0.636. The van der Waals surface area contributed by atoms with Crippen LogP contribution in [0.2, 0.25) is 0 Å². The summed E-state index contributed by atoms with van der Waals surface area (Å²) in [6.07, 6.45) is -2.43. The summed E-state index contributed by atoms with van der Waals surface area (Å²) in [7, 11) is 0. The van der Waals surface area contributed by atoms with Crippen LogP contribution in [0.4, 0.5) is 35.4 Å². The fourth-order valence-electron chi connectivity index (χ4n) is 3.51. The van der Waals surface area contributed by atoms with Crippen molar-refractivity contribution in [1.29, 1.82) is 0 Å². The minimum absolute atomic E-state index is 0.0315. The van der Waals surface area contributed by atoms with Crippen LogP contribution in [-0.4, -0.2) is 46.7 Å². The van der Waals surface area contributed by atoms with Crippen LogP contribution < -0.4 is 21.3 Å². The average Bonchev–Trinajstić information content (AvgIpc) is 2.71. The molecule has 2 heterocycles. The summed E-state index contributed by atoms with van der Waals surface area (Å²) in [5.41, 5.74) is 3.89. The number of benzene rings is 1. The Balaban J connectivity index is 1.84. The maximum Gasteiger partial charge on any atom is 0.416 e. The van der Waals surface area contributed by atoms with Crippen LogP contribution in [0.15, 0.2) is 28.9 Å². The van der Waals surface area contributed by atoms with Crippen LogP contribution >= 0.6 is 15.9 Å². The molecule has 0 saturated carbocycles. The number of nitrogens with one attached hydrogen (secondary N) is 2. The van der Waals surface area contributed by atoms with Crippen molar-refractivity contribution in [2.24, 2.45) is 5.73 Å². The van der Waals surface area contributed by atoms with E-state index in [9.17, 15) is 22.8 Å². The van der Waals surface area contributed by atoms with Crippen LogP contribution in [0.1, 0.15) is 49.5 Å². The van der Waals surface area contributed by atoms with Crippen molar-refractivity contribution < 1.29 is 27.5 Å². The van der Waals surface area contributed by atoms with Gasteiger partial charge >= 0.3 is 12.3 Å². The molecule has 1 aliphatic rings. The van der Waals surface area contributed by atoms with Crippen LogP contribution in [0, 0.1) is 0 Å². The van der Waals surface area contributed by atoms with Crippen molar-refractivity contribution in [2.45, 2.75) is 51.4 Å². The Hall–Kier alpha value is -3.09. The number of hydrogen-bond donors (Lipinski definition) is 3. The summed E-state index contributed by atoms with van der Waals surface area (Å²) in [6, 6.07) is 3.04. The molecule has 1 atom stereocenters. The van der Waals surface area contributed by atoms with Gasteiger partial charge in [-0.15, -0.1) is 0 Å². The molecule has 0 spiro atoms. The van der Waals surface area contributed by atoms with E-state index in [0.29, 0.717) is 13.1 Å². The van der Waals surface area contributed by atoms with Crippen LogP contribution in [0.25, 0.3) is 0 Å². The zero-order chi connectivity index (χ0) is 26.0. The zero-order valence-electron chi connectivity index (χ0n) is 19.4. The molecule has 1 aromatic carbocycles. The highest BCUT2D eigenvalue weighted by molar-refractivity contribution is 9.10. The maximum absolute atomic E-state index is 13.2. The van der Waals surface area contributed by atoms with Gasteiger partial charge in [0.1, 0.15) is 17.0 Å². The van der Waals surface area contributed by atoms with Gasteiger partial charge in [-0.1, -0.05) is 15.9 Å². The van der Waals surface area contributed by atoms with Gasteiger partial charge < -0.3 is 26.0 Å². The number of alkyl carbamates (subject to hydrolysis) is 1. The summed E-state index contributed by atoms with van der Waals surface area (Å²) < 4.78 is 45.2. The van der Waals surface area contributed by atoms with Crippen molar-refractivity contribution in [3.05, 3.63) is 40.0 Å². The molecule has 190 valence electrons. The number of carbonyl (C=O) groups excluding carboxylic acids is 2. The van der Waals surface area contributed by atoms with E-state index < -0.39 is 29.3 Å². The maximum atomic E-state index is 13.2. The van der Waals surface area contributed by atoms with Gasteiger partial charge in [0, 0.05) is 35.5 Å². The lowest BCUT2D eigenvalue weighted by atomic mass is 10.1.